The van der Waals surface area contributed by atoms with E-state index in [1.54, 1.807) is 36.4 Å². The van der Waals surface area contributed by atoms with Crippen LogP contribution in [0.4, 0.5) is 5.82 Å². The first-order chi connectivity index (χ1) is 12.0. The zero-order valence-corrected chi connectivity index (χ0v) is 14.2. The van der Waals surface area contributed by atoms with Crippen LogP contribution in [0.25, 0.3) is 11.1 Å². The highest BCUT2D eigenvalue weighted by molar-refractivity contribution is 6.30. The van der Waals surface area contributed by atoms with Gasteiger partial charge in [0.25, 0.3) is 0 Å². The van der Waals surface area contributed by atoms with Gasteiger partial charge in [0, 0.05) is 22.3 Å². The van der Waals surface area contributed by atoms with E-state index in [1.807, 2.05) is 19.1 Å². The average molecular weight is 348 g/mol. The standard InChI is InChI=1S/C20H14ClN3O/c1-12-2-4-14(5-3-12)19(25)17-11-24-20(23)16(10-22)18(17)13-6-8-15(21)9-7-13/h2-9,11H,1H3,(H2,23,24). The van der Waals surface area contributed by atoms with Gasteiger partial charge in [-0.1, -0.05) is 53.6 Å². The molecule has 2 aromatic carbocycles. The molecule has 0 fully saturated rings. The zero-order valence-electron chi connectivity index (χ0n) is 13.5. The number of nitrogens with zero attached hydrogens (tertiary/aromatic N) is 2. The number of rotatable bonds is 3. The molecule has 0 aliphatic carbocycles. The number of nitrogens with two attached hydrogens (primary N) is 1. The molecule has 1 heterocycles. The minimum Gasteiger partial charge on any atom is -0.383 e. The highest BCUT2D eigenvalue weighted by Crippen LogP contribution is 2.32. The molecule has 122 valence electrons. The molecule has 0 saturated carbocycles. The molecule has 0 amide bonds. The van der Waals surface area contributed by atoms with Crippen molar-refractivity contribution in [3.05, 3.63) is 82.0 Å². The van der Waals surface area contributed by atoms with Crippen LogP contribution in [0, 0.1) is 18.3 Å². The molecule has 25 heavy (non-hydrogen) atoms. The third-order valence-corrected chi connectivity index (χ3v) is 4.16. The maximum atomic E-state index is 13.0. The van der Waals surface area contributed by atoms with E-state index in [0.29, 0.717) is 27.3 Å². The van der Waals surface area contributed by atoms with Crippen LogP contribution in [0.15, 0.2) is 54.7 Å². The molecule has 2 N–H and O–H groups in total. The number of aromatic nitrogens is 1. The van der Waals surface area contributed by atoms with Gasteiger partial charge in [-0.05, 0) is 24.6 Å². The Bertz CT molecular complexity index is 987. The normalized spacial score (nSPS) is 10.3. The molecule has 0 radical (unpaired) electrons. The van der Waals surface area contributed by atoms with Gasteiger partial charge in [0.15, 0.2) is 5.78 Å². The van der Waals surface area contributed by atoms with Crippen molar-refractivity contribution in [2.45, 2.75) is 6.92 Å². The lowest BCUT2D eigenvalue weighted by Crippen LogP contribution is -2.08. The Morgan fingerprint density at radius 2 is 1.76 bits per heavy atom. The molecule has 0 aliphatic rings. The van der Waals surface area contributed by atoms with E-state index in [-0.39, 0.29) is 17.2 Å². The lowest BCUT2D eigenvalue weighted by atomic mass is 9.92. The molecular formula is C20H14ClN3O. The van der Waals surface area contributed by atoms with E-state index < -0.39 is 0 Å². The van der Waals surface area contributed by atoms with Crippen molar-refractivity contribution in [3.63, 3.8) is 0 Å². The number of anilines is 1. The summed E-state index contributed by atoms with van der Waals surface area (Å²) in [5.41, 5.74) is 9.10. The van der Waals surface area contributed by atoms with Crippen molar-refractivity contribution in [2.24, 2.45) is 0 Å². The molecule has 4 nitrogen and oxygen atoms in total. The van der Waals surface area contributed by atoms with Gasteiger partial charge in [-0.25, -0.2) is 4.98 Å². The van der Waals surface area contributed by atoms with Crippen LogP contribution in [0.2, 0.25) is 5.02 Å². The summed E-state index contributed by atoms with van der Waals surface area (Å²) in [6.45, 7) is 1.95. The summed E-state index contributed by atoms with van der Waals surface area (Å²) >= 11 is 5.95. The van der Waals surface area contributed by atoms with Crippen LogP contribution in [-0.2, 0) is 0 Å². The van der Waals surface area contributed by atoms with Gasteiger partial charge < -0.3 is 5.73 Å². The number of hydrogen-bond donors (Lipinski definition) is 1. The molecule has 0 bridgehead atoms. The van der Waals surface area contributed by atoms with Crippen molar-refractivity contribution in [1.82, 2.24) is 4.98 Å². The Morgan fingerprint density at radius 1 is 1.12 bits per heavy atom. The van der Waals surface area contributed by atoms with Gasteiger partial charge in [-0.15, -0.1) is 0 Å². The lowest BCUT2D eigenvalue weighted by molar-refractivity contribution is 0.103. The number of hydrogen-bond acceptors (Lipinski definition) is 4. The maximum absolute atomic E-state index is 13.0. The third kappa shape index (κ3) is 3.23. The first-order valence-electron chi connectivity index (χ1n) is 7.57. The molecule has 5 heteroatoms. The number of benzene rings is 2. The van der Waals surface area contributed by atoms with Crippen LogP contribution in [0.1, 0.15) is 27.0 Å². The van der Waals surface area contributed by atoms with Crippen LogP contribution in [0.3, 0.4) is 0 Å². The number of aryl methyl sites for hydroxylation is 1. The van der Waals surface area contributed by atoms with Gasteiger partial charge in [-0.3, -0.25) is 4.79 Å². The minimum absolute atomic E-state index is 0.0907. The van der Waals surface area contributed by atoms with Crippen molar-refractivity contribution in [3.8, 4) is 17.2 Å². The Morgan fingerprint density at radius 3 is 2.36 bits per heavy atom. The predicted octanol–water partition coefficient (Wildman–Crippen LogP) is 4.40. The van der Waals surface area contributed by atoms with E-state index in [4.69, 9.17) is 17.3 Å². The molecule has 0 atom stereocenters. The first kappa shape index (κ1) is 16.7. The number of ketones is 1. The van der Waals surface area contributed by atoms with Crippen molar-refractivity contribution in [1.29, 1.82) is 5.26 Å². The first-order valence-corrected chi connectivity index (χ1v) is 7.95. The summed E-state index contributed by atoms with van der Waals surface area (Å²) < 4.78 is 0. The number of nitriles is 1. The van der Waals surface area contributed by atoms with Gasteiger partial charge in [-0.2, -0.15) is 5.26 Å². The van der Waals surface area contributed by atoms with Crippen molar-refractivity contribution in [2.75, 3.05) is 5.73 Å². The van der Waals surface area contributed by atoms with E-state index >= 15 is 0 Å². The highest BCUT2D eigenvalue weighted by Gasteiger charge is 2.21. The zero-order chi connectivity index (χ0) is 18.0. The molecule has 0 saturated heterocycles. The van der Waals surface area contributed by atoms with Gasteiger partial charge >= 0.3 is 0 Å². The average Bonchev–Trinajstić information content (AvgIpc) is 2.62. The number of carbonyl (C=O) groups excluding carboxylic acids is 1. The molecular weight excluding hydrogens is 334 g/mol. The fourth-order valence-corrected chi connectivity index (χ4v) is 2.71. The lowest BCUT2D eigenvalue weighted by Gasteiger charge is -2.12. The van der Waals surface area contributed by atoms with Gasteiger partial charge in [0.05, 0.1) is 5.56 Å². The van der Waals surface area contributed by atoms with Crippen molar-refractivity contribution < 1.29 is 4.79 Å². The third-order valence-electron chi connectivity index (χ3n) is 3.91. The summed E-state index contributed by atoms with van der Waals surface area (Å²) in [6, 6.07) is 16.2. The summed E-state index contributed by atoms with van der Waals surface area (Å²) in [5.74, 6) is -0.123. The van der Waals surface area contributed by atoms with E-state index in [2.05, 4.69) is 11.1 Å². The largest absolute Gasteiger partial charge is 0.383 e. The van der Waals surface area contributed by atoms with Gasteiger partial charge in [0.1, 0.15) is 17.5 Å². The van der Waals surface area contributed by atoms with E-state index in [0.717, 1.165) is 5.56 Å². The second-order valence-corrected chi connectivity index (χ2v) is 6.06. The molecule has 3 rings (SSSR count). The molecule has 0 unspecified atom stereocenters. The molecule has 0 aliphatic heterocycles. The fourth-order valence-electron chi connectivity index (χ4n) is 2.59. The monoisotopic (exact) mass is 347 g/mol. The summed E-state index contributed by atoms with van der Waals surface area (Å²) in [6.07, 6.45) is 1.42. The molecule has 3 aromatic rings. The number of nitrogen functional groups attached to an aromatic ring is 1. The van der Waals surface area contributed by atoms with Crippen LogP contribution < -0.4 is 5.73 Å². The fraction of sp³-hybridized carbons (Fsp3) is 0.0500. The van der Waals surface area contributed by atoms with Gasteiger partial charge in [0.2, 0.25) is 0 Å². The Kier molecular flexibility index (Phi) is 4.51. The maximum Gasteiger partial charge on any atom is 0.195 e. The summed E-state index contributed by atoms with van der Waals surface area (Å²) in [4.78, 5) is 17.0. The second kappa shape index (κ2) is 6.76. The van der Waals surface area contributed by atoms with E-state index in [1.165, 1.54) is 6.20 Å². The predicted molar refractivity (Wildman–Crippen MR) is 98.4 cm³/mol. The minimum atomic E-state index is -0.214. The van der Waals surface area contributed by atoms with Crippen LogP contribution in [-0.4, -0.2) is 10.8 Å². The van der Waals surface area contributed by atoms with E-state index in [9.17, 15) is 10.1 Å². The Labute approximate surface area is 150 Å². The summed E-state index contributed by atoms with van der Waals surface area (Å²) in [7, 11) is 0. The Hall–Kier alpha value is -3.16. The topological polar surface area (TPSA) is 79.8 Å². The van der Waals surface area contributed by atoms with Crippen molar-refractivity contribution >= 4 is 23.2 Å². The summed E-state index contributed by atoms with van der Waals surface area (Å²) in [5, 5.41) is 10.1. The highest BCUT2D eigenvalue weighted by atomic mass is 35.5. The second-order valence-electron chi connectivity index (χ2n) is 5.62. The number of halogens is 1. The van der Waals surface area contributed by atoms with Crippen LogP contribution in [0.5, 0.6) is 0 Å². The molecule has 0 spiro atoms. The quantitative estimate of drug-likeness (QED) is 0.712. The molecule has 1 aromatic heterocycles. The smallest absolute Gasteiger partial charge is 0.195 e. The number of carbonyl (C=O) groups is 1. The number of pyridine rings is 1. The SMILES string of the molecule is Cc1ccc(C(=O)c2cnc(N)c(C#N)c2-c2ccc(Cl)cc2)cc1. The van der Waals surface area contributed by atoms with Crippen LogP contribution >= 0.6 is 11.6 Å². The Balaban J connectivity index is 2.23.